The van der Waals surface area contributed by atoms with Crippen LogP contribution in [0.4, 0.5) is 5.13 Å². The minimum Gasteiger partial charge on any atom is -0.505 e. The number of carbonyl (C=O) groups is 2. The molecule has 41 heavy (non-hydrogen) atoms. The van der Waals surface area contributed by atoms with Crippen LogP contribution in [0.1, 0.15) is 54.7 Å². The number of imidazole rings is 1. The molecular weight excluding hydrogens is 536 g/mol. The van der Waals surface area contributed by atoms with Crippen LogP contribution in [-0.2, 0) is 9.59 Å². The first-order valence-corrected chi connectivity index (χ1v) is 14.5. The largest absolute Gasteiger partial charge is 0.505 e. The number of hydrogen-bond donors (Lipinski definition) is 1. The van der Waals surface area contributed by atoms with Crippen LogP contribution < -0.4 is 9.64 Å². The average molecular weight is 567 g/mol. The third kappa shape index (κ3) is 4.76. The van der Waals surface area contributed by atoms with Gasteiger partial charge in [-0.3, -0.25) is 18.9 Å². The SMILES string of the molecule is CCCCCOc1cccc(C2/C(=C(\O)c3c(C)nc4ccccn34)C(=O)C(=O)N2c2nc3ccc(C)cc3s2)c1. The minimum atomic E-state index is -0.912. The molecule has 5 aromatic rings. The summed E-state index contributed by atoms with van der Waals surface area (Å²) in [4.78, 5) is 38.2. The van der Waals surface area contributed by atoms with E-state index in [-0.39, 0.29) is 11.3 Å². The number of rotatable bonds is 8. The number of thiazole rings is 1. The summed E-state index contributed by atoms with van der Waals surface area (Å²) in [6, 6.07) is 17.8. The van der Waals surface area contributed by atoms with E-state index in [1.165, 1.54) is 16.2 Å². The van der Waals surface area contributed by atoms with Crippen LogP contribution in [0.2, 0.25) is 0 Å². The van der Waals surface area contributed by atoms with Crippen molar-refractivity contribution < 1.29 is 19.4 Å². The lowest BCUT2D eigenvalue weighted by atomic mass is 9.96. The summed E-state index contributed by atoms with van der Waals surface area (Å²) in [6.45, 7) is 6.47. The first kappa shape index (κ1) is 26.7. The number of aliphatic hydroxyl groups is 1. The zero-order valence-electron chi connectivity index (χ0n) is 23.1. The Kier molecular flexibility index (Phi) is 7.05. The molecule has 1 unspecified atom stereocenters. The number of benzene rings is 2. The van der Waals surface area contributed by atoms with Gasteiger partial charge in [-0.05, 0) is 67.8 Å². The van der Waals surface area contributed by atoms with E-state index in [4.69, 9.17) is 9.72 Å². The highest BCUT2D eigenvalue weighted by atomic mass is 32.1. The summed E-state index contributed by atoms with van der Waals surface area (Å²) < 4.78 is 8.65. The summed E-state index contributed by atoms with van der Waals surface area (Å²) in [6.07, 6.45) is 4.85. The number of aliphatic hydroxyl groups excluding tert-OH is 1. The monoisotopic (exact) mass is 566 g/mol. The van der Waals surface area contributed by atoms with E-state index in [0.29, 0.717) is 40.1 Å². The number of hydrogen-bond acceptors (Lipinski definition) is 7. The smallest absolute Gasteiger partial charge is 0.301 e. The fraction of sp³-hybridized carbons (Fsp3) is 0.250. The predicted molar refractivity (Wildman–Crippen MR) is 161 cm³/mol. The Bertz CT molecular complexity index is 1840. The molecule has 1 aliphatic heterocycles. The van der Waals surface area contributed by atoms with Crippen LogP contribution in [0.5, 0.6) is 5.75 Å². The Labute approximate surface area is 241 Å². The van der Waals surface area contributed by atoms with Crippen LogP contribution in [0.3, 0.4) is 0 Å². The van der Waals surface area contributed by atoms with Crippen molar-refractivity contribution in [3.8, 4) is 5.75 Å². The molecule has 6 rings (SSSR count). The van der Waals surface area contributed by atoms with Gasteiger partial charge in [0.05, 0.1) is 34.1 Å². The molecule has 3 aromatic heterocycles. The second kappa shape index (κ2) is 10.8. The number of fused-ring (bicyclic) bond motifs is 2. The van der Waals surface area contributed by atoms with Gasteiger partial charge in [0, 0.05) is 6.20 Å². The molecule has 1 fully saturated rings. The molecule has 0 spiro atoms. The quantitative estimate of drug-likeness (QED) is 0.0965. The summed E-state index contributed by atoms with van der Waals surface area (Å²) in [7, 11) is 0. The summed E-state index contributed by atoms with van der Waals surface area (Å²) in [5.74, 6) is -1.16. The summed E-state index contributed by atoms with van der Waals surface area (Å²) in [5, 5.41) is 12.2. The van der Waals surface area contributed by atoms with Gasteiger partial charge in [0.2, 0.25) is 0 Å². The second-order valence-corrected chi connectivity index (χ2v) is 11.2. The normalized spacial score (nSPS) is 16.8. The third-order valence-electron chi connectivity index (χ3n) is 7.30. The van der Waals surface area contributed by atoms with Crippen LogP contribution in [0, 0.1) is 13.8 Å². The van der Waals surface area contributed by atoms with Crippen molar-refractivity contribution in [2.75, 3.05) is 11.5 Å². The van der Waals surface area contributed by atoms with Crippen molar-refractivity contribution in [3.05, 3.63) is 94.9 Å². The van der Waals surface area contributed by atoms with Gasteiger partial charge >= 0.3 is 5.91 Å². The molecule has 2 aromatic carbocycles. The van der Waals surface area contributed by atoms with Gasteiger partial charge in [0.15, 0.2) is 10.9 Å². The number of aromatic nitrogens is 3. The number of nitrogens with zero attached hydrogens (tertiary/aromatic N) is 4. The molecule has 1 N–H and O–H groups in total. The number of Topliss-reactive ketones (excluding diaryl/α,β-unsaturated/α-hetero) is 1. The summed E-state index contributed by atoms with van der Waals surface area (Å²) in [5.41, 5.74) is 3.98. The van der Waals surface area contributed by atoms with Gasteiger partial charge in [0.25, 0.3) is 5.78 Å². The number of anilines is 1. The van der Waals surface area contributed by atoms with E-state index < -0.39 is 17.7 Å². The first-order valence-electron chi connectivity index (χ1n) is 13.7. The fourth-order valence-electron chi connectivity index (χ4n) is 5.31. The summed E-state index contributed by atoms with van der Waals surface area (Å²) >= 11 is 1.34. The Morgan fingerprint density at radius 1 is 1.02 bits per heavy atom. The Hall–Kier alpha value is -4.50. The van der Waals surface area contributed by atoms with Crippen molar-refractivity contribution in [2.45, 2.75) is 46.1 Å². The highest BCUT2D eigenvalue weighted by Crippen LogP contribution is 2.45. The average Bonchev–Trinajstić information content (AvgIpc) is 3.61. The van der Waals surface area contributed by atoms with E-state index in [9.17, 15) is 14.7 Å². The Morgan fingerprint density at radius 3 is 2.71 bits per heavy atom. The lowest BCUT2D eigenvalue weighted by Gasteiger charge is -2.23. The van der Waals surface area contributed by atoms with Crippen LogP contribution >= 0.6 is 11.3 Å². The predicted octanol–water partition coefficient (Wildman–Crippen LogP) is 6.76. The third-order valence-corrected chi connectivity index (χ3v) is 8.32. The number of aryl methyl sites for hydroxylation is 2. The zero-order valence-corrected chi connectivity index (χ0v) is 23.9. The van der Waals surface area contributed by atoms with Crippen molar-refractivity contribution in [1.29, 1.82) is 0 Å². The van der Waals surface area contributed by atoms with E-state index in [0.717, 1.165) is 35.0 Å². The Morgan fingerprint density at radius 2 is 1.88 bits per heavy atom. The molecule has 4 heterocycles. The maximum absolute atomic E-state index is 13.8. The van der Waals surface area contributed by atoms with E-state index in [2.05, 4.69) is 11.9 Å². The van der Waals surface area contributed by atoms with Crippen molar-refractivity contribution in [3.63, 3.8) is 0 Å². The number of carbonyl (C=O) groups excluding carboxylic acids is 2. The maximum atomic E-state index is 13.8. The van der Waals surface area contributed by atoms with Crippen LogP contribution in [-0.4, -0.2) is 37.8 Å². The molecular formula is C32H30N4O4S. The maximum Gasteiger partial charge on any atom is 0.301 e. The second-order valence-electron chi connectivity index (χ2n) is 10.2. The van der Waals surface area contributed by atoms with Gasteiger partial charge in [-0.25, -0.2) is 9.97 Å². The van der Waals surface area contributed by atoms with Crippen LogP contribution in [0.15, 0.2) is 72.4 Å². The molecule has 1 atom stereocenters. The zero-order chi connectivity index (χ0) is 28.7. The molecule has 8 nitrogen and oxygen atoms in total. The fourth-order valence-corrected chi connectivity index (χ4v) is 6.40. The molecule has 208 valence electrons. The molecule has 1 saturated heterocycles. The number of amides is 1. The van der Waals surface area contributed by atoms with Crippen molar-refractivity contribution in [1.82, 2.24) is 14.4 Å². The lowest BCUT2D eigenvalue weighted by Crippen LogP contribution is -2.29. The molecule has 9 heteroatoms. The van der Waals surface area contributed by atoms with Crippen molar-refractivity contribution >= 4 is 49.8 Å². The van der Waals surface area contributed by atoms with E-state index >= 15 is 0 Å². The molecule has 1 amide bonds. The topological polar surface area (TPSA) is 97.0 Å². The van der Waals surface area contributed by atoms with Gasteiger partial charge in [-0.2, -0.15) is 0 Å². The van der Waals surface area contributed by atoms with Crippen LogP contribution in [0.25, 0.3) is 21.6 Å². The van der Waals surface area contributed by atoms with Gasteiger partial charge in [-0.15, -0.1) is 0 Å². The lowest BCUT2D eigenvalue weighted by molar-refractivity contribution is -0.132. The number of ketones is 1. The van der Waals surface area contributed by atoms with Gasteiger partial charge < -0.3 is 9.84 Å². The van der Waals surface area contributed by atoms with E-state index in [1.807, 2.05) is 67.6 Å². The first-order chi connectivity index (χ1) is 19.9. The number of unbranched alkanes of at least 4 members (excludes halogenated alkanes) is 2. The molecule has 0 bridgehead atoms. The molecule has 1 aliphatic rings. The number of ether oxygens (including phenoxy) is 1. The highest BCUT2D eigenvalue weighted by molar-refractivity contribution is 7.22. The minimum absolute atomic E-state index is 0.0117. The van der Waals surface area contributed by atoms with E-state index in [1.54, 1.807) is 17.5 Å². The number of pyridine rings is 1. The molecule has 0 saturated carbocycles. The standard InChI is InChI=1S/C32H30N4O4S/c1-4-5-8-16-40-22-11-9-10-21(18-22)28-26(29(37)27-20(3)33-25-12-6-7-15-35(25)27)30(38)31(39)36(28)32-34-23-14-13-19(2)17-24(23)41-32/h6-7,9-15,17-18,28,37H,4-5,8,16H2,1-3H3/b29-26+. The molecule has 0 aliphatic carbocycles. The van der Waals surface area contributed by atoms with Crippen molar-refractivity contribution in [2.24, 2.45) is 0 Å². The van der Waals surface area contributed by atoms with Gasteiger partial charge in [-0.1, -0.05) is 55.4 Å². The van der Waals surface area contributed by atoms with Gasteiger partial charge in [0.1, 0.15) is 17.1 Å². The molecule has 0 radical (unpaired) electrons. The highest BCUT2D eigenvalue weighted by Gasteiger charge is 2.48. The Balaban J connectivity index is 1.53.